The lowest BCUT2D eigenvalue weighted by Gasteiger charge is -2.17. The Morgan fingerprint density at radius 3 is 2.40 bits per heavy atom. The van der Waals surface area contributed by atoms with Crippen molar-refractivity contribution in [2.24, 2.45) is 0 Å². The van der Waals surface area contributed by atoms with Crippen LogP contribution in [0.15, 0.2) is 12.1 Å². The van der Waals surface area contributed by atoms with E-state index in [0.29, 0.717) is 0 Å². The van der Waals surface area contributed by atoms with E-state index in [1.54, 1.807) is 6.92 Å². The number of nitrogens with one attached hydrogen (secondary N) is 1. The second-order valence-corrected chi connectivity index (χ2v) is 7.20. The van der Waals surface area contributed by atoms with Gasteiger partial charge in [-0.3, -0.25) is 0 Å². The van der Waals surface area contributed by atoms with E-state index in [2.05, 4.69) is 5.32 Å². The van der Waals surface area contributed by atoms with Crippen LogP contribution in [-0.2, 0) is 10.0 Å². The molecule has 0 heterocycles. The molecule has 0 bridgehead atoms. The highest BCUT2D eigenvalue weighted by molar-refractivity contribution is 7.89. The lowest BCUT2D eigenvalue weighted by atomic mass is 10.1. The average Bonchev–Trinajstić information content (AvgIpc) is 2.33. The predicted octanol–water partition coefficient (Wildman–Crippen LogP) is 1.82. The van der Waals surface area contributed by atoms with Crippen LogP contribution < -0.4 is 5.32 Å². The van der Waals surface area contributed by atoms with Gasteiger partial charge in [-0.1, -0.05) is 0 Å². The van der Waals surface area contributed by atoms with Crippen molar-refractivity contribution in [1.29, 1.82) is 0 Å². The topological polar surface area (TPSA) is 49.4 Å². The van der Waals surface area contributed by atoms with Crippen molar-refractivity contribution < 1.29 is 17.2 Å². The fraction of sp³-hybridized carbons (Fsp3) is 0.538. The van der Waals surface area contributed by atoms with Gasteiger partial charge < -0.3 is 5.32 Å². The molecule has 0 aliphatic heterocycles. The maximum atomic E-state index is 13.7. The van der Waals surface area contributed by atoms with E-state index in [0.717, 1.165) is 16.4 Å². The Kier molecular flexibility index (Phi) is 5.61. The largest absolute Gasteiger partial charge is 0.309 e. The summed E-state index contributed by atoms with van der Waals surface area (Å²) in [4.78, 5) is 0. The average molecular weight is 306 g/mol. The Morgan fingerprint density at radius 1 is 1.25 bits per heavy atom. The van der Waals surface area contributed by atoms with Crippen LogP contribution in [-0.4, -0.2) is 39.1 Å². The molecule has 1 aromatic rings. The van der Waals surface area contributed by atoms with E-state index >= 15 is 0 Å². The van der Waals surface area contributed by atoms with Crippen molar-refractivity contribution in [3.8, 4) is 0 Å². The van der Waals surface area contributed by atoms with Crippen LogP contribution in [0.2, 0.25) is 0 Å². The second-order valence-electron chi connectivity index (χ2n) is 4.90. The van der Waals surface area contributed by atoms with Crippen LogP contribution in [0, 0.1) is 18.6 Å². The zero-order chi connectivity index (χ0) is 15.5. The highest BCUT2D eigenvalue weighted by atomic mass is 32.2. The number of sulfonamides is 1. The highest BCUT2D eigenvalue weighted by Crippen LogP contribution is 2.20. The van der Waals surface area contributed by atoms with Gasteiger partial charge in [-0.25, -0.2) is 21.5 Å². The Labute approximate surface area is 118 Å². The van der Waals surface area contributed by atoms with Gasteiger partial charge in [0.2, 0.25) is 10.0 Å². The molecule has 0 radical (unpaired) electrons. The van der Waals surface area contributed by atoms with Crippen molar-refractivity contribution in [3.63, 3.8) is 0 Å². The maximum absolute atomic E-state index is 13.7. The number of nitrogens with zero attached hydrogens (tertiary/aromatic N) is 1. The molecule has 0 aromatic heterocycles. The molecule has 1 N–H and O–H groups in total. The fourth-order valence-electron chi connectivity index (χ4n) is 1.69. The summed E-state index contributed by atoms with van der Waals surface area (Å²) in [5.74, 6) is -1.07. The first-order valence-electron chi connectivity index (χ1n) is 6.24. The van der Waals surface area contributed by atoms with Gasteiger partial charge >= 0.3 is 0 Å². The van der Waals surface area contributed by atoms with Gasteiger partial charge in [-0.15, -0.1) is 0 Å². The van der Waals surface area contributed by atoms with E-state index in [9.17, 15) is 17.2 Å². The monoisotopic (exact) mass is 306 g/mol. The van der Waals surface area contributed by atoms with Crippen molar-refractivity contribution in [2.45, 2.75) is 19.9 Å². The molecule has 7 heteroatoms. The highest BCUT2D eigenvalue weighted by Gasteiger charge is 2.16. The number of hydrogen-bond acceptors (Lipinski definition) is 3. The standard InChI is InChI=1S/C13H20F2N2O2S/c1-9-7-13(15)11(8-12(9)14)10(2)16-5-6-20(18,19)17(3)4/h7-8,10,16H,5-6H2,1-4H3. The minimum atomic E-state index is -3.30. The Morgan fingerprint density at radius 2 is 1.85 bits per heavy atom. The molecule has 1 unspecified atom stereocenters. The van der Waals surface area contributed by atoms with Gasteiger partial charge in [0, 0.05) is 32.2 Å². The molecule has 1 atom stereocenters. The van der Waals surface area contributed by atoms with E-state index in [1.165, 1.54) is 21.0 Å². The smallest absolute Gasteiger partial charge is 0.214 e. The van der Waals surface area contributed by atoms with E-state index in [1.807, 2.05) is 0 Å². The molecule has 0 saturated heterocycles. The Hall–Kier alpha value is -1.05. The predicted molar refractivity (Wildman–Crippen MR) is 75.0 cm³/mol. The zero-order valence-electron chi connectivity index (χ0n) is 12.1. The lowest BCUT2D eigenvalue weighted by molar-refractivity contribution is 0.504. The minimum Gasteiger partial charge on any atom is -0.309 e. The lowest BCUT2D eigenvalue weighted by Crippen LogP contribution is -2.32. The molecule has 0 amide bonds. The third kappa shape index (κ3) is 4.22. The van der Waals surface area contributed by atoms with Crippen LogP contribution in [0.3, 0.4) is 0 Å². The summed E-state index contributed by atoms with van der Waals surface area (Å²) in [5, 5.41) is 2.88. The first kappa shape index (κ1) is 17.0. The molecular weight excluding hydrogens is 286 g/mol. The normalized spacial score (nSPS) is 13.8. The molecule has 1 aromatic carbocycles. The van der Waals surface area contributed by atoms with Gasteiger partial charge in [0.15, 0.2) is 0 Å². The molecule has 0 fully saturated rings. The first-order chi connectivity index (χ1) is 9.15. The fourth-order valence-corrected chi connectivity index (χ4v) is 2.43. The molecular formula is C13H20F2N2O2S. The summed E-state index contributed by atoms with van der Waals surface area (Å²) >= 11 is 0. The van der Waals surface area contributed by atoms with Gasteiger partial charge in [0.1, 0.15) is 11.6 Å². The quantitative estimate of drug-likeness (QED) is 0.872. The molecule has 0 spiro atoms. The van der Waals surface area contributed by atoms with Gasteiger partial charge in [0.05, 0.1) is 5.75 Å². The molecule has 0 saturated carbocycles. The summed E-state index contributed by atoms with van der Waals surface area (Å²) in [6.45, 7) is 3.32. The summed E-state index contributed by atoms with van der Waals surface area (Å²) in [5.41, 5.74) is 0.434. The molecule has 114 valence electrons. The number of rotatable bonds is 6. The SMILES string of the molecule is Cc1cc(F)c(C(C)NCCS(=O)(=O)N(C)C)cc1F. The Balaban J connectivity index is 2.69. The minimum absolute atomic E-state index is 0.0969. The molecule has 0 aliphatic rings. The van der Waals surface area contributed by atoms with Crippen LogP contribution >= 0.6 is 0 Å². The van der Waals surface area contributed by atoms with Gasteiger partial charge in [-0.2, -0.15) is 0 Å². The van der Waals surface area contributed by atoms with Crippen LogP contribution in [0.25, 0.3) is 0 Å². The molecule has 4 nitrogen and oxygen atoms in total. The molecule has 0 aliphatic carbocycles. The van der Waals surface area contributed by atoms with E-state index in [-0.39, 0.29) is 23.4 Å². The van der Waals surface area contributed by atoms with Crippen molar-refractivity contribution in [1.82, 2.24) is 9.62 Å². The van der Waals surface area contributed by atoms with Gasteiger partial charge in [-0.05, 0) is 31.5 Å². The van der Waals surface area contributed by atoms with Crippen LogP contribution in [0.1, 0.15) is 24.1 Å². The summed E-state index contributed by atoms with van der Waals surface area (Å²) < 4.78 is 51.4. The number of hydrogen-bond donors (Lipinski definition) is 1. The van der Waals surface area contributed by atoms with Crippen molar-refractivity contribution in [3.05, 3.63) is 34.9 Å². The summed E-state index contributed by atoms with van der Waals surface area (Å²) in [7, 11) is -0.394. The zero-order valence-corrected chi connectivity index (χ0v) is 12.9. The molecule has 20 heavy (non-hydrogen) atoms. The van der Waals surface area contributed by atoms with E-state index in [4.69, 9.17) is 0 Å². The summed E-state index contributed by atoms with van der Waals surface area (Å²) in [6, 6.07) is 1.81. The van der Waals surface area contributed by atoms with E-state index < -0.39 is 27.7 Å². The second kappa shape index (κ2) is 6.60. The third-order valence-electron chi connectivity index (χ3n) is 3.11. The molecule has 1 rings (SSSR count). The van der Waals surface area contributed by atoms with Crippen LogP contribution in [0.5, 0.6) is 0 Å². The number of benzene rings is 1. The maximum Gasteiger partial charge on any atom is 0.214 e. The van der Waals surface area contributed by atoms with Crippen molar-refractivity contribution >= 4 is 10.0 Å². The van der Waals surface area contributed by atoms with Crippen LogP contribution in [0.4, 0.5) is 8.78 Å². The summed E-state index contributed by atoms with van der Waals surface area (Å²) in [6.07, 6.45) is 0. The Bertz CT molecular complexity index is 574. The third-order valence-corrected chi connectivity index (χ3v) is 4.94. The van der Waals surface area contributed by atoms with Crippen molar-refractivity contribution in [2.75, 3.05) is 26.4 Å². The number of halogens is 2. The first-order valence-corrected chi connectivity index (χ1v) is 7.85. The van der Waals surface area contributed by atoms with Gasteiger partial charge in [0.25, 0.3) is 0 Å². The number of aryl methyl sites for hydroxylation is 1.